The third-order valence-corrected chi connectivity index (χ3v) is 2.43. The average Bonchev–Trinajstić information content (AvgIpc) is 2.43. The highest BCUT2D eigenvalue weighted by molar-refractivity contribution is 5.89. The molecule has 0 radical (unpaired) electrons. The zero-order valence-corrected chi connectivity index (χ0v) is 10.2. The Labute approximate surface area is 113 Å². The Morgan fingerprint density at radius 2 is 2.00 bits per heavy atom. The first-order chi connectivity index (χ1) is 9.44. The molecule has 0 fully saturated rings. The maximum absolute atomic E-state index is 11.3. The fourth-order valence-electron chi connectivity index (χ4n) is 1.47. The molecule has 1 aliphatic carbocycles. The third-order valence-electron chi connectivity index (χ3n) is 2.43. The summed E-state index contributed by atoms with van der Waals surface area (Å²) in [6, 6.07) is 0. The third kappa shape index (κ3) is 3.31. The summed E-state index contributed by atoms with van der Waals surface area (Å²) in [5.41, 5.74) is -2.23. The molecule has 0 saturated carbocycles. The SMILES string of the molecule is C=CC(=O)OCOOC1(C(=O)O)C=CC=CC1C(=O)O. The number of hydrogen-bond donors (Lipinski definition) is 2. The molecule has 0 bridgehead atoms. The minimum Gasteiger partial charge on any atom is -0.481 e. The Kier molecular flexibility index (Phi) is 5.18. The average molecular weight is 284 g/mol. The standard InChI is InChI=1S/C12H12O8/c1-2-9(13)18-7-19-20-12(11(16)17)6-4-3-5-8(12)10(14)15/h2-6,8H,1,7H2,(H,14,15)(H,16,17). The summed E-state index contributed by atoms with van der Waals surface area (Å²) in [5, 5.41) is 18.2. The van der Waals surface area contributed by atoms with Crippen molar-refractivity contribution in [1.82, 2.24) is 0 Å². The Morgan fingerprint density at radius 3 is 2.55 bits per heavy atom. The van der Waals surface area contributed by atoms with Gasteiger partial charge in [-0.15, -0.1) is 0 Å². The normalized spacial score (nSPS) is 24.1. The molecule has 0 saturated heterocycles. The molecule has 0 heterocycles. The van der Waals surface area contributed by atoms with E-state index in [0.717, 1.165) is 18.2 Å². The van der Waals surface area contributed by atoms with Gasteiger partial charge in [0.1, 0.15) is 5.92 Å². The number of esters is 1. The number of allylic oxidation sites excluding steroid dienone is 2. The van der Waals surface area contributed by atoms with Crippen molar-refractivity contribution in [3.63, 3.8) is 0 Å². The Balaban J connectivity index is 2.77. The molecular formula is C12H12O8. The number of carbonyl (C=O) groups is 3. The van der Waals surface area contributed by atoms with Gasteiger partial charge in [0.15, 0.2) is 0 Å². The predicted molar refractivity (Wildman–Crippen MR) is 63.1 cm³/mol. The minimum atomic E-state index is -2.23. The van der Waals surface area contributed by atoms with E-state index < -0.39 is 36.2 Å². The van der Waals surface area contributed by atoms with Crippen LogP contribution in [0, 0.1) is 5.92 Å². The smallest absolute Gasteiger partial charge is 0.344 e. The van der Waals surface area contributed by atoms with Gasteiger partial charge in [-0.2, -0.15) is 4.89 Å². The van der Waals surface area contributed by atoms with Crippen LogP contribution >= 0.6 is 0 Å². The lowest BCUT2D eigenvalue weighted by Crippen LogP contribution is -2.50. The molecule has 0 aromatic carbocycles. The van der Waals surface area contributed by atoms with Crippen LogP contribution < -0.4 is 0 Å². The molecule has 20 heavy (non-hydrogen) atoms. The van der Waals surface area contributed by atoms with Crippen molar-refractivity contribution < 1.29 is 39.1 Å². The number of aliphatic carboxylic acids is 2. The van der Waals surface area contributed by atoms with Crippen LogP contribution in [0.1, 0.15) is 0 Å². The molecule has 2 unspecified atom stereocenters. The van der Waals surface area contributed by atoms with E-state index in [1.807, 2.05) is 0 Å². The van der Waals surface area contributed by atoms with E-state index in [9.17, 15) is 19.5 Å². The Bertz CT molecular complexity index is 478. The second-order valence-corrected chi connectivity index (χ2v) is 3.64. The Morgan fingerprint density at radius 1 is 1.30 bits per heavy atom. The molecule has 0 aliphatic heterocycles. The molecule has 0 aromatic heterocycles. The van der Waals surface area contributed by atoms with Crippen molar-refractivity contribution in [3.8, 4) is 0 Å². The molecule has 108 valence electrons. The quantitative estimate of drug-likeness (QED) is 0.171. The number of ether oxygens (including phenoxy) is 1. The van der Waals surface area contributed by atoms with Gasteiger partial charge in [0, 0.05) is 6.08 Å². The summed E-state index contributed by atoms with van der Waals surface area (Å²) in [6.07, 6.45) is 5.74. The monoisotopic (exact) mass is 284 g/mol. The first kappa shape index (κ1) is 15.6. The van der Waals surface area contributed by atoms with Gasteiger partial charge in [0.2, 0.25) is 12.4 Å². The molecule has 0 amide bonds. The lowest BCUT2D eigenvalue weighted by molar-refractivity contribution is -0.374. The van der Waals surface area contributed by atoms with Gasteiger partial charge in [-0.3, -0.25) is 4.79 Å². The maximum atomic E-state index is 11.3. The molecule has 1 aliphatic rings. The van der Waals surface area contributed by atoms with Crippen molar-refractivity contribution in [2.45, 2.75) is 5.60 Å². The van der Waals surface area contributed by atoms with Crippen molar-refractivity contribution in [2.24, 2.45) is 5.92 Å². The van der Waals surface area contributed by atoms with Crippen LogP contribution in [-0.2, 0) is 28.9 Å². The summed E-state index contributed by atoms with van der Waals surface area (Å²) >= 11 is 0. The van der Waals surface area contributed by atoms with Crippen LogP contribution in [0.2, 0.25) is 0 Å². The first-order valence-corrected chi connectivity index (χ1v) is 5.36. The largest absolute Gasteiger partial charge is 0.481 e. The predicted octanol–water partition coefficient (Wildman–Crippen LogP) is 0.271. The van der Waals surface area contributed by atoms with E-state index in [1.54, 1.807) is 0 Å². The van der Waals surface area contributed by atoms with Crippen LogP contribution in [0.5, 0.6) is 0 Å². The molecule has 0 aromatic rings. The number of carboxylic acids is 2. The summed E-state index contributed by atoms with van der Waals surface area (Å²) in [7, 11) is 0. The zero-order chi connectivity index (χ0) is 15.2. The number of carbonyl (C=O) groups excluding carboxylic acids is 1. The van der Waals surface area contributed by atoms with E-state index in [2.05, 4.69) is 21.1 Å². The van der Waals surface area contributed by atoms with E-state index >= 15 is 0 Å². The van der Waals surface area contributed by atoms with Gasteiger partial charge >= 0.3 is 17.9 Å². The second kappa shape index (κ2) is 6.64. The highest BCUT2D eigenvalue weighted by atomic mass is 17.2. The highest BCUT2D eigenvalue weighted by Crippen LogP contribution is 2.29. The molecule has 8 nitrogen and oxygen atoms in total. The van der Waals surface area contributed by atoms with Crippen LogP contribution in [0.4, 0.5) is 0 Å². The van der Waals surface area contributed by atoms with Crippen molar-refractivity contribution in [2.75, 3.05) is 6.79 Å². The lowest BCUT2D eigenvalue weighted by atomic mass is 9.84. The minimum absolute atomic E-state index is 0.705. The molecule has 1 rings (SSSR count). The summed E-state index contributed by atoms with van der Waals surface area (Å²) in [6.45, 7) is 2.44. The van der Waals surface area contributed by atoms with Crippen LogP contribution in [0.3, 0.4) is 0 Å². The highest BCUT2D eigenvalue weighted by Gasteiger charge is 2.50. The second-order valence-electron chi connectivity index (χ2n) is 3.64. The van der Waals surface area contributed by atoms with Gasteiger partial charge in [0.25, 0.3) is 0 Å². The first-order valence-electron chi connectivity index (χ1n) is 5.36. The topological polar surface area (TPSA) is 119 Å². The van der Waals surface area contributed by atoms with E-state index in [0.29, 0.717) is 0 Å². The molecule has 0 spiro atoms. The van der Waals surface area contributed by atoms with Gasteiger partial charge in [-0.25, -0.2) is 14.5 Å². The number of hydrogen-bond acceptors (Lipinski definition) is 6. The number of carboxylic acid groups (broad SMARTS) is 2. The van der Waals surface area contributed by atoms with Crippen molar-refractivity contribution in [1.29, 1.82) is 0 Å². The summed E-state index contributed by atoms with van der Waals surface area (Å²) in [5.74, 6) is -5.24. The fraction of sp³-hybridized carbons (Fsp3) is 0.250. The molecule has 2 atom stereocenters. The van der Waals surface area contributed by atoms with E-state index in [1.165, 1.54) is 12.2 Å². The Hall–Kier alpha value is -2.45. The van der Waals surface area contributed by atoms with Crippen LogP contribution in [-0.4, -0.2) is 40.5 Å². The van der Waals surface area contributed by atoms with Crippen LogP contribution in [0.25, 0.3) is 0 Å². The lowest BCUT2D eigenvalue weighted by Gasteiger charge is -2.30. The van der Waals surface area contributed by atoms with Gasteiger partial charge in [-0.1, -0.05) is 24.8 Å². The fourth-order valence-corrected chi connectivity index (χ4v) is 1.47. The van der Waals surface area contributed by atoms with Crippen molar-refractivity contribution >= 4 is 17.9 Å². The van der Waals surface area contributed by atoms with E-state index in [-0.39, 0.29) is 0 Å². The summed E-state index contributed by atoms with van der Waals surface area (Å²) in [4.78, 5) is 42.3. The van der Waals surface area contributed by atoms with Gasteiger partial charge < -0.3 is 14.9 Å². The van der Waals surface area contributed by atoms with E-state index in [4.69, 9.17) is 5.11 Å². The zero-order valence-electron chi connectivity index (χ0n) is 10.2. The van der Waals surface area contributed by atoms with Gasteiger partial charge in [0.05, 0.1) is 0 Å². The maximum Gasteiger partial charge on any atom is 0.344 e. The molecule has 2 N–H and O–H groups in total. The molecule has 8 heteroatoms. The molecular weight excluding hydrogens is 272 g/mol. The number of rotatable bonds is 7. The summed E-state index contributed by atoms with van der Waals surface area (Å²) < 4.78 is 4.42. The van der Waals surface area contributed by atoms with Crippen molar-refractivity contribution in [3.05, 3.63) is 37.0 Å². The van der Waals surface area contributed by atoms with Gasteiger partial charge in [-0.05, 0) is 6.08 Å². The van der Waals surface area contributed by atoms with Crippen LogP contribution in [0.15, 0.2) is 37.0 Å².